The van der Waals surface area contributed by atoms with Gasteiger partial charge in [-0.3, -0.25) is 4.79 Å². The normalized spacial score (nSPS) is 12.1. The van der Waals surface area contributed by atoms with Crippen molar-refractivity contribution in [3.8, 4) is 5.75 Å². The Labute approximate surface area is 124 Å². The molecule has 0 aliphatic rings. The van der Waals surface area contributed by atoms with E-state index in [1.54, 1.807) is 7.11 Å². The van der Waals surface area contributed by atoms with Crippen LogP contribution in [-0.4, -0.2) is 31.0 Å². The highest BCUT2D eigenvalue weighted by molar-refractivity contribution is 9.10. The molecular weight excluding hydrogens is 306 g/mol. The Morgan fingerprint density at radius 3 is 2.68 bits per heavy atom. The van der Waals surface area contributed by atoms with E-state index in [2.05, 4.69) is 29.8 Å². The lowest BCUT2D eigenvalue weighted by Crippen LogP contribution is -2.34. The Morgan fingerprint density at radius 1 is 1.47 bits per heavy atom. The van der Waals surface area contributed by atoms with Crippen molar-refractivity contribution < 1.29 is 9.53 Å². The molecule has 0 bridgehead atoms. The third-order valence-corrected chi connectivity index (χ3v) is 4.11. The lowest BCUT2D eigenvalue weighted by atomic mass is 10.1. The van der Waals surface area contributed by atoms with Gasteiger partial charge in [0, 0.05) is 19.5 Å². The maximum absolute atomic E-state index is 12.0. The van der Waals surface area contributed by atoms with E-state index in [9.17, 15) is 4.79 Å². The molecule has 0 heterocycles. The molecule has 19 heavy (non-hydrogen) atoms. The number of amides is 1. The topological polar surface area (TPSA) is 29.5 Å². The average molecular weight is 328 g/mol. The highest BCUT2D eigenvalue weighted by atomic mass is 79.9. The third kappa shape index (κ3) is 4.53. The van der Waals surface area contributed by atoms with Crippen molar-refractivity contribution in [2.75, 3.05) is 14.2 Å². The Hall–Kier alpha value is -1.03. The molecule has 0 saturated carbocycles. The first-order chi connectivity index (χ1) is 8.99. The number of rotatable bonds is 6. The number of benzene rings is 1. The lowest BCUT2D eigenvalue weighted by molar-refractivity contribution is -0.131. The summed E-state index contributed by atoms with van der Waals surface area (Å²) in [7, 11) is 3.52. The molecule has 1 aromatic carbocycles. The van der Waals surface area contributed by atoms with Crippen molar-refractivity contribution in [2.45, 2.75) is 39.2 Å². The van der Waals surface area contributed by atoms with Gasteiger partial charge in [-0.1, -0.05) is 13.0 Å². The zero-order valence-corrected chi connectivity index (χ0v) is 13.7. The molecule has 0 radical (unpaired) electrons. The molecule has 0 spiro atoms. The van der Waals surface area contributed by atoms with Crippen molar-refractivity contribution in [1.29, 1.82) is 0 Å². The van der Waals surface area contributed by atoms with Crippen molar-refractivity contribution in [3.05, 3.63) is 28.2 Å². The monoisotopic (exact) mass is 327 g/mol. The molecule has 0 aromatic heterocycles. The highest BCUT2D eigenvalue weighted by Gasteiger charge is 2.14. The minimum Gasteiger partial charge on any atom is -0.496 e. The predicted octanol–water partition coefficient (Wildman–Crippen LogP) is 3.65. The van der Waals surface area contributed by atoms with Crippen LogP contribution in [0.25, 0.3) is 0 Å². The molecule has 1 amide bonds. The van der Waals surface area contributed by atoms with Gasteiger partial charge in [0.05, 0.1) is 11.6 Å². The van der Waals surface area contributed by atoms with Crippen LogP contribution >= 0.6 is 15.9 Å². The number of carbonyl (C=O) groups excluding carboxylic acids is 1. The molecule has 1 atom stereocenters. The van der Waals surface area contributed by atoms with Crippen LogP contribution in [-0.2, 0) is 11.2 Å². The van der Waals surface area contributed by atoms with E-state index in [1.165, 1.54) is 0 Å². The van der Waals surface area contributed by atoms with Crippen molar-refractivity contribution in [2.24, 2.45) is 0 Å². The molecule has 3 nitrogen and oxygen atoms in total. The van der Waals surface area contributed by atoms with E-state index in [-0.39, 0.29) is 5.91 Å². The summed E-state index contributed by atoms with van der Waals surface area (Å²) in [6.07, 6.45) is 2.28. The van der Waals surface area contributed by atoms with Crippen LogP contribution in [0.1, 0.15) is 32.3 Å². The van der Waals surface area contributed by atoms with E-state index in [4.69, 9.17) is 4.74 Å². The average Bonchev–Trinajstić information content (AvgIpc) is 2.43. The van der Waals surface area contributed by atoms with Crippen LogP contribution in [0, 0.1) is 0 Å². The SMILES string of the molecule is CCC(C)N(C)C(=O)CCc1ccc(OC)c(Br)c1. The van der Waals surface area contributed by atoms with Crippen LogP contribution in [0.15, 0.2) is 22.7 Å². The van der Waals surface area contributed by atoms with Crippen LogP contribution in [0.5, 0.6) is 5.75 Å². The number of hydrogen-bond acceptors (Lipinski definition) is 2. The number of hydrogen-bond donors (Lipinski definition) is 0. The largest absolute Gasteiger partial charge is 0.496 e. The summed E-state index contributed by atoms with van der Waals surface area (Å²) >= 11 is 3.46. The first-order valence-corrected chi connectivity index (χ1v) is 7.37. The summed E-state index contributed by atoms with van der Waals surface area (Å²) in [5, 5.41) is 0. The zero-order valence-electron chi connectivity index (χ0n) is 12.1. The van der Waals surface area contributed by atoms with E-state index in [1.807, 2.05) is 30.1 Å². The Kier molecular flexibility index (Phi) is 6.35. The summed E-state index contributed by atoms with van der Waals surface area (Å²) in [5.41, 5.74) is 1.14. The van der Waals surface area contributed by atoms with Gasteiger partial charge in [0.1, 0.15) is 5.75 Å². The molecule has 0 saturated heterocycles. The van der Waals surface area contributed by atoms with Crippen LogP contribution < -0.4 is 4.74 Å². The van der Waals surface area contributed by atoms with Crippen molar-refractivity contribution in [3.63, 3.8) is 0 Å². The van der Waals surface area contributed by atoms with Crippen molar-refractivity contribution in [1.82, 2.24) is 4.90 Å². The molecule has 4 heteroatoms. The Balaban J connectivity index is 2.57. The van der Waals surface area contributed by atoms with E-state index in [0.717, 1.165) is 28.6 Å². The van der Waals surface area contributed by atoms with Gasteiger partial charge >= 0.3 is 0 Å². The predicted molar refractivity (Wildman–Crippen MR) is 81.5 cm³/mol. The summed E-state index contributed by atoms with van der Waals surface area (Å²) in [4.78, 5) is 13.8. The molecule has 0 aliphatic heterocycles. The Morgan fingerprint density at radius 2 is 2.16 bits per heavy atom. The minimum atomic E-state index is 0.196. The van der Waals surface area contributed by atoms with Crippen molar-refractivity contribution >= 4 is 21.8 Å². The minimum absolute atomic E-state index is 0.196. The summed E-state index contributed by atoms with van der Waals surface area (Å²) in [6, 6.07) is 6.23. The van der Waals surface area contributed by atoms with Gasteiger partial charge in [0.15, 0.2) is 0 Å². The van der Waals surface area contributed by atoms with Gasteiger partial charge < -0.3 is 9.64 Å². The highest BCUT2D eigenvalue weighted by Crippen LogP contribution is 2.26. The van der Waals surface area contributed by atoms with Crippen LogP contribution in [0.2, 0.25) is 0 Å². The fraction of sp³-hybridized carbons (Fsp3) is 0.533. The standard InChI is InChI=1S/C15H22BrNO2/c1-5-11(2)17(3)15(18)9-7-12-6-8-14(19-4)13(16)10-12/h6,8,10-11H,5,7,9H2,1-4H3. The fourth-order valence-electron chi connectivity index (χ4n) is 1.81. The van der Waals surface area contributed by atoms with Crippen LogP contribution in [0.3, 0.4) is 0 Å². The van der Waals surface area contributed by atoms with Gasteiger partial charge in [-0.25, -0.2) is 0 Å². The zero-order chi connectivity index (χ0) is 14.4. The number of carbonyl (C=O) groups is 1. The first kappa shape index (κ1) is 16.0. The number of methoxy groups -OCH3 is 1. The molecule has 0 fully saturated rings. The maximum Gasteiger partial charge on any atom is 0.222 e. The second-order valence-corrected chi connectivity index (χ2v) is 5.59. The molecule has 1 rings (SSSR count). The van der Waals surface area contributed by atoms with Crippen LogP contribution in [0.4, 0.5) is 0 Å². The number of aryl methyl sites for hydroxylation is 1. The number of nitrogens with zero attached hydrogens (tertiary/aromatic N) is 1. The lowest BCUT2D eigenvalue weighted by Gasteiger charge is -2.23. The van der Waals surface area contributed by atoms with Gasteiger partial charge in [-0.2, -0.15) is 0 Å². The molecular formula is C15H22BrNO2. The first-order valence-electron chi connectivity index (χ1n) is 6.57. The fourth-order valence-corrected chi connectivity index (χ4v) is 2.40. The second kappa shape index (κ2) is 7.53. The van der Waals surface area contributed by atoms with E-state index >= 15 is 0 Å². The van der Waals surface area contributed by atoms with E-state index < -0.39 is 0 Å². The molecule has 0 aliphatic carbocycles. The van der Waals surface area contributed by atoms with Gasteiger partial charge in [0.2, 0.25) is 5.91 Å². The maximum atomic E-state index is 12.0. The summed E-state index contributed by atoms with van der Waals surface area (Å²) in [5.74, 6) is 1.01. The third-order valence-electron chi connectivity index (χ3n) is 3.49. The smallest absolute Gasteiger partial charge is 0.222 e. The van der Waals surface area contributed by atoms with E-state index in [0.29, 0.717) is 12.5 Å². The summed E-state index contributed by atoms with van der Waals surface area (Å²) < 4.78 is 6.11. The second-order valence-electron chi connectivity index (χ2n) is 4.73. The number of ether oxygens (including phenoxy) is 1. The quantitative estimate of drug-likeness (QED) is 0.798. The van der Waals surface area contributed by atoms with Gasteiger partial charge in [-0.15, -0.1) is 0 Å². The van der Waals surface area contributed by atoms with Gasteiger partial charge in [0.25, 0.3) is 0 Å². The summed E-state index contributed by atoms with van der Waals surface area (Å²) in [6.45, 7) is 4.16. The molecule has 0 N–H and O–H groups in total. The molecule has 106 valence electrons. The molecule has 1 unspecified atom stereocenters. The van der Waals surface area contributed by atoms with Gasteiger partial charge in [-0.05, 0) is 53.4 Å². The number of halogens is 1. The molecule has 1 aromatic rings. The Bertz CT molecular complexity index is 434.